The van der Waals surface area contributed by atoms with Crippen LogP contribution >= 0.6 is 23.2 Å². The zero-order valence-electron chi connectivity index (χ0n) is 16.6. The van der Waals surface area contributed by atoms with Crippen molar-refractivity contribution >= 4 is 35.1 Å². The van der Waals surface area contributed by atoms with E-state index in [0.29, 0.717) is 33.5 Å². The molecule has 4 aromatic rings. The number of carboxylic acids is 1. The molecule has 0 aliphatic heterocycles. The molecule has 0 saturated carbocycles. The SMILES string of the molecule is O=C(NCc1ccc(-c2cc(C(=O)O)nn2-c2ccc(Cl)c(Cl)c2)cc1)c1ccccc1. The maximum Gasteiger partial charge on any atom is 0.356 e. The lowest BCUT2D eigenvalue weighted by molar-refractivity contribution is 0.0689. The van der Waals surface area contributed by atoms with E-state index >= 15 is 0 Å². The number of amides is 1. The predicted molar refractivity (Wildman–Crippen MR) is 124 cm³/mol. The van der Waals surface area contributed by atoms with Gasteiger partial charge in [0, 0.05) is 17.7 Å². The average molecular weight is 466 g/mol. The van der Waals surface area contributed by atoms with Crippen molar-refractivity contribution in [3.8, 4) is 16.9 Å². The fourth-order valence-corrected chi connectivity index (χ4v) is 3.46. The van der Waals surface area contributed by atoms with Crippen LogP contribution in [0.3, 0.4) is 0 Å². The van der Waals surface area contributed by atoms with Crippen molar-refractivity contribution in [1.82, 2.24) is 15.1 Å². The van der Waals surface area contributed by atoms with Crippen molar-refractivity contribution < 1.29 is 14.7 Å². The third-order valence-corrected chi connectivity index (χ3v) is 5.55. The Morgan fingerprint density at radius 1 is 0.906 bits per heavy atom. The summed E-state index contributed by atoms with van der Waals surface area (Å²) in [6, 6.07) is 22.9. The van der Waals surface area contributed by atoms with Gasteiger partial charge in [-0.2, -0.15) is 5.10 Å². The lowest BCUT2D eigenvalue weighted by Crippen LogP contribution is -2.22. The molecular weight excluding hydrogens is 449 g/mol. The molecule has 2 N–H and O–H groups in total. The van der Waals surface area contributed by atoms with Crippen molar-refractivity contribution in [2.75, 3.05) is 0 Å². The van der Waals surface area contributed by atoms with E-state index in [0.717, 1.165) is 11.1 Å². The lowest BCUT2D eigenvalue weighted by Gasteiger charge is -2.10. The quantitative estimate of drug-likeness (QED) is 0.395. The molecule has 0 aliphatic carbocycles. The molecule has 32 heavy (non-hydrogen) atoms. The van der Waals surface area contributed by atoms with E-state index in [1.807, 2.05) is 42.5 Å². The van der Waals surface area contributed by atoms with Crippen LogP contribution in [0.1, 0.15) is 26.4 Å². The molecule has 1 amide bonds. The first-order valence-corrected chi connectivity index (χ1v) is 10.4. The minimum atomic E-state index is -1.13. The Morgan fingerprint density at radius 2 is 1.62 bits per heavy atom. The number of carbonyl (C=O) groups excluding carboxylic acids is 1. The van der Waals surface area contributed by atoms with E-state index in [1.165, 1.54) is 10.7 Å². The summed E-state index contributed by atoms with van der Waals surface area (Å²) >= 11 is 12.1. The number of hydrogen-bond donors (Lipinski definition) is 2. The molecule has 1 aromatic heterocycles. The molecule has 1 heterocycles. The first-order valence-electron chi connectivity index (χ1n) is 9.64. The number of carbonyl (C=O) groups is 2. The molecule has 0 saturated heterocycles. The number of carboxylic acid groups (broad SMARTS) is 1. The first kappa shape index (κ1) is 21.6. The van der Waals surface area contributed by atoms with Gasteiger partial charge in [-0.3, -0.25) is 4.79 Å². The normalized spacial score (nSPS) is 10.7. The van der Waals surface area contributed by atoms with Crippen molar-refractivity contribution in [3.63, 3.8) is 0 Å². The molecule has 0 radical (unpaired) electrons. The molecule has 3 aromatic carbocycles. The van der Waals surface area contributed by atoms with Gasteiger partial charge in [0.05, 0.1) is 21.4 Å². The van der Waals surface area contributed by atoms with Crippen molar-refractivity contribution in [2.24, 2.45) is 0 Å². The van der Waals surface area contributed by atoms with Gasteiger partial charge in [0.15, 0.2) is 5.69 Å². The molecule has 0 unspecified atom stereocenters. The fraction of sp³-hybridized carbons (Fsp3) is 0.0417. The van der Waals surface area contributed by atoms with Gasteiger partial charge in [-0.1, -0.05) is 65.7 Å². The molecule has 160 valence electrons. The molecule has 0 bridgehead atoms. The number of nitrogens with zero attached hydrogens (tertiary/aromatic N) is 2. The van der Waals surface area contributed by atoms with Crippen molar-refractivity contribution in [3.05, 3.63) is 106 Å². The number of aromatic carboxylic acids is 1. The molecule has 6 nitrogen and oxygen atoms in total. The van der Waals surface area contributed by atoms with E-state index in [1.54, 1.807) is 30.3 Å². The summed E-state index contributed by atoms with van der Waals surface area (Å²) in [5.74, 6) is -1.29. The molecule has 0 spiro atoms. The Morgan fingerprint density at radius 3 is 2.28 bits per heavy atom. The standard InChI is InChI=1S/C24H17Cl2N3O3/c25-19-11-10-18(12-20(19)26)29-22(13-21(28-29)24(31)32)16-8-6-15(7-9-16)14-27-23(30)17-4-2-1-3-5-17/h1-13H,14H2,(H,27,30)(H,31,32). The van der Waals surface area contributed by atoms with Crippen LogP contribution < -0.4 is 5.32 Å². The van der Waals surface area contributed by atoms with Crippen LogP contribution in [0.2, 0.25) is 10.0 Å². The van der Waals surface area contributed by atoms with Crippen LogP contribution in [0.5, 0.6) is 0 Å². The van der Waals surface area contributed by atoms with E-state index < -0.39 is 5.97 Å². The molecule has 0 atom stereocenters. The summed E-state index contributed by atoms with van der Waals surface area (Å²) in [5, 5.41) is 17.2. The van der Waals surface area contributed by atoms with Crippen molar-refractivity contribution in [2.45, 2.75) is 6.54 Å². The summed E-state index contributed by atoms with van der Waals surface area (Å²) in [6.45, 7) is 0.362. The number of benzene rings is 3. The third kappa shape index (κ3) is 4.66. The number of aromatic nitrogens is 2. The van der Waals surface area contributed by atoms with Gasteiger partial charge in [-0.15, -0.1) is 0 Å². The van der Waals surface area contributed by atoms with E-state index in [2.05, 4.69) is 10.4 Å². The topological polar surface area (TPSA) is 84.2 Å². The van der Waals surface area contributed by atoms with Gasteiger partial charge in [0.1, 0.15) is 0 Å². The van der Waals surface area contributed by atoms with Gasteiger partial charge in [-0.25, -0.2) is 9.48 Å². The highest BCUT2D eigenvalue weighted by Gasteiger charge is 2.17. The zero-order chi connectivity index (χ0) is 22.7. The average Bonchev–Trinajstić information content (AvgIpc) is 3.26. The Bertz CT molecular complexity index is 1290. The monoisotopic (exact) mass is 465 g/mol. The Labute approximate surface area is 194 Å². The summed E-state index contributed by atoms with van der Waals surface area (Å²) in [6.07, 6.45) is 0. The lowest BCUT2D eigenvalue weighted by atomic mass is 10.1. The smallest absolute Gasteiger partial charge is 0.356 e. The van der Waals surface area contributed by atoms with Crippen LogP contribution in [0, 0.1) is 0 Å². The van der Waals surface area contributed by atoms with E-state index in [4.69, 9.17) is 23.2 Å². The van der Waals surface area contributed by atoms with E-state index in [9.17, 15) is 14.7 Å². The van der Waals surface area contributed by atoms with Gasteiger partial charge in [0.25, 0.3) is 5.91 Å². The second-order valence-corrected chi connectivity index (χ2v) is 7.79. The molecule has 4 rings (SSSR count). The Hall–Kier alpha value is -3.61. The van der Waals surface area contributed by atoms with Crippen LogP contribution in [-0.2, 0) is 6.54 Å². The van der Waals surface area contributed by atoms with Gasteiger partial charge in [0.2, 0.25) is 0 Å². The summed E-state index contributed by atoms with van der Waals surface area (Å²) < 4.78 is 1.51. The second-order valence-electron chi connectivity index (χ2n) is 6.98. The minimum absolute atomic E-state index is 0.0923. The fourth-order valence-electron chi connectivity index (χ4n) is 3.17. The maximum absolute atomic E-state index is 12.2. The predicted octanol–water partition coefficient (Wildman–Crippen LogP) is 5.47. The molecular formula is C24H17Cl2N3O3. The molecule has 8 heteroatoms. The Balaban J connectivity index is 1.59. The zero-order valence-corrected chi connectivity index (χ0v) is 18.1. The highest BCUT2D eigenvalue weighted by atomic mass is 35.5. The number of rotatable bonds is 6. The van der Waals surface area contributed by atoms with Crippen molar-refractivity contribution in [1.29, 1.82) is 0 Å². The maximum atomic E-state index is 12.2. The van der Waals surface area contributed by atoms with Crippen LogP contribution in [-0.4, -0.2) is 26.8 Å². The van der Waals surface area contributed by atoms with E-state index in [-0.39, 0.29) is 11.6 Å². The van der Waals surface area contributed by atoms with Gasteiger partial charge in [-0.05, 0) is 42.0 Å². The second kappa shape index (κ2) is 9.26. The van der Waals surface area contributed by atoms with Crippen LogP contribution in [0.4, 0.5) is 0 Å². The minimum Gasteiger partial charge on any atom is -0.476 e. The highest BCUT2D eigenvalue weighted by Crippen LogP contribution is 2.29. The van der Waals surface area contributed by atoms with Crippen LogP contribution in [0.15, 0.2) is 78.9 Å². The number of halogens is 2. The van der Waals surface area contributed by atoms with Gasteiger partial charge < -0.3 is 10.4 Å². The number of nitrogens with one attached hydrogen (secondary N) is 1. The third-order valence-electron chi connectivity index (χ3n) is 4.81. The number of hydrogen-bond acceptors (Lipinski definition) is 3. The summed E-state index contributed by atoms with van der Waals surface area (Å²) in [4.78, 5) is 23.7. The molecule has 0 fully saturated rings. The summed E-state index contributed by atoms with van der Waals surface area (Å²) in [5.41, 5.74) is 3.33. The molecule has 0 aliphatic rings. The van der Waals surface area contributed by atoms with Gasteiger partial charge >= 0.3 is 5.97 Å². The largest absolute Gasteiger partial charge is 0.476 e. The first-order chi connectivity index (χ1) is 15.4. The highest BCUT2D eigenvalue weighted by molar-refractivity contribution is 6.42. The summed E-state index contributed by atoms with van der Waals surface area (Å²) in [7, 11) is 0. The van der Waals surface area contributed by atoms with Crippen LogP contribution in [0.25, 0.3) is 16.9 Å². The Kier molecular flexibility index (Phi) is 6.25.